The van der Waals surface area contributed by atoms with Crippen molar-refractivity contribution in [2.75, 3.05) is 13.7 Å². The van der Waals surface area contributed by atoms with Gasteiger partial charge in [-0.05, 0) is 0 Å². The highest BCUT2D eigenvalue weighted by Gasteiger charge is 2.50. The maximum absolute atomic E-state index is 11.5. The summed E-state index contributed by atoms with van der Waals surface area (Å²) in [4.78, 5) is 45.7. The van der Waals surface area contributed by atoms with E-state index in [9.17, 15) is 19.2 Å². The lowest BCUT2D eigenvalue weighted by Crippen LogP contribution is -2.63. The van der Waals surface area contributed by atoms with Gasteiger partial charge in [-0.25, -0.2) is 0 Å². The molecule has 1 aliphatic rings. The van der Waals surface area contributed by atoms with Crippen molar-refractivity contribution < 1.29 is 38.1 Å². The molecule has 1 fully saturated rings. The molecule has 5 atom stereocenters. The number of ether oxygens (including phenoxy) is 4. The van der Waals surface area contributed by atoms with Gasteiger partial charge in [-0.2, -0.15) is 0 Å². The summed E-state index contributed by atoms with van der Waals surface area (Å²) in [7, 11) is 1.44. The Morgan fingerprint density at radius 1 is 0.920 bits per heavy atom. The third-order valence-electron chi connectivity index (χ3n) is 3.30. The molecule has 25 heavy (non-hydrogen) atoms. The number of carbonyl (C=O) groups is 4. The molecular weight excluding hydrogens is 354 g/mol. The fraction of sp³-hybridized carbons (Fsp3) is 0.733. The van der Waals surface area contributed by atoms with Gasteiger partial charge in [0.25, 0.3) is 0 Å². The van der Waals surface area contributed by atoms with Crippen molar-refractivity contribution in [3.05, 3.63) is 0 Å². The lowest BCUT2D eigenvalue weighted by atomic mass is 10.0. The van der Waals surface area contributed by atoms with Gasteiger partial charge in [-0.15, -0.1) is 11.8 Å². The number of thioether (sulfide) groups is 1. The van der Waals surface area contributed by atoms with Crippen molar-refractivity contribution >= 4 is 35.6 Å². The molecule has 0 aromatic rings. The van der Waals surface area contributed by atoms with Gasteiger partial charge in [-0.1, -0.05) is 0 Å². The van der Waals surface area contributed by atoms with Crippen LogP contribution in [0.5, 0.6) is 0 Å². The summed E-state index contributed by atoms with van der Waals surface area (Å²) in [6.45, 7) is 4.93. The molecule has 0 aromatic carbocycles. The molecule has 0 unspecified atom stereocenters. The monoisotopic (exact) mass is 377 g/mol. The predicted octanol–water partition coefficient (Wildman–Crippen LogP) is 0.00550. The molecule has 0 radical (unpaired) electrons. The Balaban J connectivity index is 3.18. The molecule has 1 N–H and O–H groups in total. The van der Waals surface area contributed by atoms with Gasteiger partial charge in [0.05, 0.1) is 5.25 Å². The van der Waals surface area contributed by atoms with E-state index >= 15 is 0 Å². The summed E-state index contributed by atoms with van der Waals surface area (Å²) in [6, 6.07) is -0.741. The van der Waals surface area contributed by atoms with Crippen LogP contribution < -0.4 is 5.32 Å². The fourth-order valence-electron chi connectivity index (χ4n) is 2.49. The van der Waals surface area contributed by atoms with Gasteiger partial charge in [0, 0.05) is 34.8 Å². The highest BCUT2D eigenvalue weighted by Crippen LogP contribution is 2.36. The van der Waals surface area contributed by atoms with E-state index in [4.69, 9.17) is 18.9 Å². The number of esters is 3. The van der Waals surface area contributed by atoms with Gasteiger partial charge in [0.2, 0.25) is 5.91 Å². The first-order valence-electron chi connectivity index (χ1n) is 7.58. The first-order valence-corrected chi connectivity index (χ1v) is 8.53. The minimum absolute atomic E-state index is 0.0671. The molecule has 1 amide bonds. The minimum atomic E-state index is -0.989. The van der Waals surface area contributed by atoms with E-state index in [0.717, 1.165) is 0 Å². The van der Waals surface area contributed by atoms with Crippen LogP contribution >= 0.6 is 11.8 Å². The largest absolute Gasteiger partial charge is 0.465 e. The van der Waals surface area contributed by atoms with Crippen LogP contribution in [0.4, 0.5) is 0 Å². The van der Waals surface area contributed by atoms with E-state index in [-0.39, 0.29) is 12.5 Å². The smallest absolute Gasteiger partial charge is 0.303 e. The van der Waals surface area contributed by atoms with Crippen LogP contribution in [0.1, 0.15) is 27.7 Å². The highest BCUT2D eigenvalue weighted by molar-refractivity contribution is 8.00. The third-order valence-corrected chi connectivity index (χ3v) is 4.81. The van der Waals surface area contributed by atoms with Crippen LogP contribution in [-0.2, 0) is 38.1 Å². The van der Waals surface area contributed by atoms with E-state index in [2.05, 4.69) is 5.32 Å². The molecule has 1 aliphatic heterocycles. The molecule has 142 valence electrons. The maximum atomic E-state index is 11.5. The standard InChI is InChI=1S/C15H23NO8S/c1-7(17)16-12-14(24-10(4)20)13(23-9(3)19)11(6-22-8(2)18)25-15(12)21-5/h11-15H,6H2,1-5H3,(H,16,17)/t11-,12-,13-,14-,15-/m1/s1. The molecule has 1 heterocycles. The van der Waals surface area contributed by atoms with Crippen molar-refractivity contribution in [2.24, 2.45) is 0 Å². The minimum Gasteiger partial charge on any atom is -0.465 e. The zero-order chi connectivity index (χ0) is 19.1. The van der Waals surface area contributed by atoms with Gasteiger partial charge < -0.3 is 24.3 Å². The average Bonchev–Trinajstić information content (AvgIpc) is 2.48. The number of amides is 1. The molecule has 0 aromatic heterocycles. The number of hydrogen-bond acceptors (Lipinski definition) is 9. The van der Waals surface area contributed by atoms with E-state index in [1.165, 1.54) is 46.6 Å². The number of nitrogens with one attached hydrogen (secondary N) is 1. The molecule has 1 rings (SSSR count). The summed E-state index contributed by atoms with van der Waals surface area (Å²) in [6.07, 6.45) is -1.91. The SMILES string of the molecule is CO[C@@H]1S[C@H](COC(C)=O)[C@@H](OC(C)=O)[C@H](OC(C)=O)[C@H]1NC(C)=O. The van der Waals surface area contributed by atoms with Crippen LogP contribution in [0, 0.1) is 0 Å². The zero-order valence-corrected chi connectivity index (χ0v) is 15.6. The number of methoxy groups -OCH3 is 1. The average molecular weight is 377 g/mol. The normalized spacial score (nSPS) is 28.6. The number of carbonyl (C=O) groups excluding carboxylic acids is 4. The first-order chi connectivity index (χ1) is 11.6. The molecule has 9 nitrogen and oxygen atoms in total. The zero-order valence-electron chi connectivity index (χ0n) is 14.8. The highest BCUT2D eigenvalue weighted by atomic mass is 32.2. The van der Waals surface area contributed by atoms with E-state index in [0.29, 0.717) is 0 Å². The Labute approximate surface area is 150 Å². The van der Waals surface area contributed by atoms with Gasteiger partial charge in [0.1, 0.15) is 18.1 Å². The summed E-state index contributed by atoms with van der Waals surface area (Å²) in [5, 5.41) is 2.13. The summed E-state index contributed by atoms with van der Waals surface area (Å²) in [5.74, 6) is -2.05. The molecular formula is C15H23NO8S. The van der Waals surface area contributed by atoms with Crippen molar-refractivity contribution in [3.8, 4) is 0 Å². The Kier molecular flexibility index (Phi) is 8.17. The third kappa shape index (κ3) is 6.54. The maximum Gasteiger partial charge on any atom is 0.303 e. The van der Waals surface area contributed by atoms with Gasteiger partial charge in [0.15, 0.2) is 12.2 Å². The predicted molar refractivity (Wildman–Crippen MR) is 87.5 cm³/mol. The quantitative estimate of drug-likeness (QED) is 0.504. The first kappa shape index (κ1) is 21.2. The Morgan fingerprint density at radius 2 is 1.48 bits per heavy atom. The van der Waals surface area contributed by atoms with Crippen LogP contribution in [0.25, 0.3) is 0 Å². The lowest BCUT2D eigenvalue weighted by Gasteiger charge is -2.44. The van der Waals surface area contributed by atoms with E-state index in [1.54, 1.807) is 0 Å². The second-order valence-corrected chi connectivity index (χ2v) is 6.80. The number of hydrogen-bond donors (Lipinski definition) is 1. The molecule has 10 heteroatoms. The summed E-state index contributed by atoms with van der Waals surface area (Å²) >= 11 is 1.22. The Hall–Kier alpha value is -1.81. The van der Waals surface area contributed by atoms with Crippen LogP contribution in [0.3, 0.4) is 0 Å². The second-order valence-electron chi connectivity index (χ2n) is 5.46. The van der Waals surface area contributed by atoms with Crippen LogP contribution in [0.2, 0.25) is 0 Å². The summed E-state index contributed by atoms with van der Waals surface area (Å²) < 4.78 is 21.0. The van der Waals surface area contributed by atoms with Crippen molar-refractivity contribution in [2.45, 2.75) is 56.6 Å². The molecule has 0 aliphatic carbocycles. The molecule has 0 bridgehead atoms. The van der Waals surface area contributed by atoms with Gasteiger partial charge in [-0.3, -0.25) is 19.2 Å². The molecule has 0 spiro atoms. The van der Waals surface area contributed by atoms with Gasteiger partial charge >= 0.3 is 17.9 Å². The lowest BCUT2D eigenvalue weighted by molar-refractivity contribution is -0.173. The Bertz CT molecular complexity index is 526. The van der Waals surface area contributed by atoms with E-state index < -0.39 is 46.8 Å². The van der Waals surface area contributed by atoms with Crippen molar-refractivity contribution in [1.29, 1.82) is 0 Å². The Morgan fingerprint density at radius 3 is 1.92 bits per heavy atom. The summed E-state index contributed by atoms with van der Waals surface area (Å²) in [5.41, 5.74) is -0.597. The van der Waals surface area contributed by atoms with Crippen LogP contribution in [0.15, 0.2) is 0 Å². The van der Waals surface area contributed by atoms with Crippen molar-refractivity contribution in [3.63, 3.8) is 0 Å². The fourth-order valence-corrected chi connectivity index (χ4v) is 3.85. The van der Waals surface area contributed by atoms with Crippen LogP contribution in [-0.4, -0.2) is 66.5 Å². The topological polar surface area (TPSA) is 117 Å². The molecule has 0 saturated carbocycles. The van der Waals surface area contributed by atoms with Crippen molar-refractivity contribution in [1.82, 2.24) is 5.32 Å². The second kappa shape index (κ2) is 9.62. The number of rotatable bonds is 6. The van der Waals surface area contributed by atoms with E-state index in [1.807, 2.05) is 0 Å². The molecule has 1 saturated heterocycles.